The van der Waals surface area contributed by atoms with E-state index >= 15 is 0 Å². The van der Waals surface area contributed by atoms with E-state index in [0.717, 1.165) is 34.4 Å². The van der Waals surface area contributed by atoms with E-state index in [2.05, 4.69) is 49.6 Å². The quantitative estimate of drug-likeness (QED) is 0.508. The predicted molar refractivity (Wildman–Crippen MR) is 120 cm³/mol. The minimum absolute atomic E-state index is 0.268. The van der Waals surface area contributed by atoms with Gasteiger partial charge in [-0.3, -0.25) is 9.59 Å². The summed E-state index contributed by atoms with van der Waals surface area (Å²) in [5.41, 5.74) is 7.19. The first-order valence-electron chi connectivity index (χ1n) is 9.46. The SMILES string of the molecule is Cc1cc(C)cc(-n2c(C)cc(/C=C3/SC(=O)N(c4ccccc4)C3=O)c2C)c1. The lowest BCUT2D eigenvalue weighted by molar-refractivity contribution is -0.113. The van der Waals surface area contributed by atoms with Gasteiger partial charge in [0.15, 0.2) is 0 Å². The van der Waals surface area contributed by atoms with Crippen molar-refractivity contribution >= 4 is 34.7 Å². The van der Waals surface area contributed by atoms with E-state index in [9.17, 15) is 9.59 Å². The number of carbonyl (C=O) groups excluding carboxylic acids is 2. The van der Waals surface area contributed by atoms with Gasteiger partial charge in [0.1, 0.15) is 0 Å². The fourth-order valence-corrected chi connectivity index (χ4v) is 4.65. The van der Waals surface area contributed by atoms with Crippen LogP contribution in [0.3, 0.4) is 0 Å². The molecule has 4 rings (SSSR count). The maximum Gasteiger partial charge on any atom is 0.298 e. The van der Waals surface area contributed by atoms with Gasteiger partial charge in [0, 0.05) is 17.1 Å². The van der Waals surface area contributed by atoms with E-state index in [1.807, 2.05) is 31.2 Å². The average Bonchev–Trinajstić information content (AvgIpc) is 3.10. The van der Waals surface area contributed by atoms with Gasteiger partial charge >= 0.3 is 0 Å². The van der Waals surface area contributed by atoms with Gasteiger partial charge in [0.2, 0.25) is 0 Å². The van der Waals surface area contributed by atoms with Crippen molar-refractivity contribution in [1.29, 1.82) is 0 Å². The molecule has 0 unspecified atom stereocenters. The summed E-state index contributed by atoms with van der Waals surface area (Å²) in [6.45, 7) is 8.27. The number of rotatable bonds is 3. The van der Waals surface area contributed by atoms with Gasteiger partial charge < -0.3 is 4.57 Å². The molecule has 0 spiro atoms. The smallest absolute Gasteiger partial charge is 0.298 e. The maximum atomic E-state index is 12.9. The standard InChI is InChI=1S/C24H22N2O2S/c1-15-10-16(2)12-21(11-15)25-17(3)13-19(18(25)4)14-22-23(27)26(24(28)29-22)20-8-6-5-7-9-20/h5-14H,1-4H3/b22-14+. The van der Waals surface area contributed by atoms with Crippen LogP contribution in [0.2, 0.25) is 0 Å². The fourth-order valence-electron chi connectivity index (χ4n) is 3.82. The van der Waals surface area contributed by atoms with Gasteiger partial charge in [0.25, 0.3) is 11.1 Å². The van der Waals surface area contributed by atoms with E-state index < -0.39 is 0 Å². The molecule has 0 N–H and O–H groups in total. The van der Waals surface area contributed by atoms with Gasteiger partial charge in [-0.05, 0) is 92.6 Å². The number of hydrogen-bond acceptors (Lipinski definition) is 3. The number of aryl methyl sites for hydroxylation is 3. The Hall–Kier alpha value is -3.05. The largest absolute Gasteiger partial charge is 0.318 e. The lowest BCUT2D eigenvalue weighted by Crippen LogP contribution is -2.27. The highest BCUT2D eigenvalue weighted by Gasteiger charge is 2.36. The Balaban J connectivity index is 1.73. The first-order chi connectivity index (χ1) is 13.8. The van der Waals surface area contributed by atoms with Crippen molar-refractivity contribution in [2.75, 3.05) is 4.90 Å². The van der Waals surface area contributed by atoms with Gasteiger partial charge in [-0.1, -0.05) is 24.3 Å². The second kappa shape index (κ2) is 7.41. The van der Waals surface area contributed by atoms with Crippen molar-refractivity contribution in [3.05, 3.63) is 87.6 Å². The number of nitrogens with zero attached hydrogens (tertiary/aromatic N) is 2. The molecule has 1 fully saturated rings. The van der Waals surface area contributed by atoms with Gasteiger partial charge in [-0.25, -0.2) is 4.90 Å². The minimum Gasteiger partial charge on any atom is -0.318 e. The van der Waals surface area contributed by atoms with Crippen LogP contribution in [-0.2, 0) is 4.79 Å². The summed E-state index contributed by atoms with van der Waals surface area (Å²) in [5, 5.41) is -0.268. The summed E-state index contributed by atoms with van der Waals surface area (Å²) < 4.78 is 2.19. The number of carbonyl (C=O) groups is 2. The topological polar surface area (TPSA) is 42.3 Å². The molecule has 3 aromatic rings. The Morgan fingerprint density at radius 3 is 2.14 bits per heavy atom. The van der Waals surface area contributed by atoms with Gasteiger partial charge in [0.05, 0.1) is 10.6 Å². The highest BCUT2D eigenvalue weighted by atomic mass is 32.2. The molecule has 1 aromatic heterocycles. The van der Waals surface area contributed by atoms with Crippen molar-refractivity contribution < 1.29 is 9.59 Å². The van der Waals surface area contributed by atoms with E-state index in [0.29, 0.717) is 10.6 Å². The first-order valence-corrected chi connectivity index (χ1v) is 10.3. The molecule has 29 heavy (non-hydrogen) atoms. The molecular formula is C24H22N2O2S. The number of para-hydroxylation sites is 1. The molecule has 1 aliphatic rings. The van der Waals surface area contributed by atoms with E-state index in [1.54, 1.807) is 12.1 Å². The summed E-state index contributed by atoms with van der Waals surface area (Å²) in [7, 11) is 0. The molecule has 1 aliphatic heterocycles. The van der Waals surface area contributed by atoms with Gasteiger partial charge in [-0.15, -0.1) is 0 Å². The van der Waals surface area contributed by atoms with Crippen LogP contribution in [0, 0.1) is 27.7 Å². The summed E-state index contributed by atoms with van der Waals surface area (Å²) >= 11 is 0.985. The number of hydrogen-bond donors (Lipinski definition) is 0. The Labute approximate surface area is 174 Å². The zero-order valence-electron chi connectivity index (χ0n) is 16.9. The van der Waals surface area contributed by atoms with E-state index in [1.165, 1.54) is 16.0 Å². The van der Waals surface area contributed by atoms with Crippen molar-refractivity contribution in [3.8, 4) is 5.69 Å². The van der Waals surface area contributed by atoms with Crippen LogP contribution in [-0.4, -0.2) is 15.7 Å². The Morgan fingerprint density at radius 2 is 1.48 bits per heavy atom. The number of imide groups is 1. The van der Waals surface area contributed by atoms with Crippen LogP contribution in [0.1, 0.15) is 28.1 Å². The number of aromatic nitrogens is 1. The molecule has 2 amide bonds. The molecule has 2 aromatic carbocycles. The molecule has 0 bridgehead atoms. The molecular weight excluding hydrogens is 380 g/mol. The van der Waals surface area contributed by atoms with Crippen LogP contribution in [0.4, 0.5) is 10.5 Å². The van der Waals surface area contributed by atoms with Crippen molar-refractivity contribution in [1.82, 2.24) is 4.57 Å². The van der Waals surface area contributed by atoms with E-state index in [4.69, 9.17) is 0 Å². The summed E-state index contributed by atoms with van der Waals surface area (Å²) in [5.74, 6) is -0.276. The van der Waals surface area contributed by atoms with Gasteiger partial charge in [-0.2, -0.15) is 0 Å². The number of anilines is 1. The summed E-state index contributed by atoms with van der Waals surface area (Å²) in [4.78, 5) is 27.0. The summed E-state index contributed by atoms with van der Waals surface area (Å²) in [6, 6.07) is 17.6. The Morgan fingerprint density at radius 1 is 0.828 bits per heavy atom. The number of thioether (sulfide) groups is 1. The second-order valence-electron chi connectivity index (χ2n) is 7.36. The van der Waals surface area contributed by atoms with Crippen LogP contribution >= 0.6 is 11.8 Å². The second-order valence-corrected chi connectivity index (χ2v) is 8.35. The van der Waals surface area contributed by atoms with Crippen LogP contribution in [0.15, 0.2) is 59.5 Å². The van der Waals surface area contributed by atoms with Crippen LogP contribution in [0.5, 0.6) is 0 Å². The fraction of sp³-hybridized carbons (Fsp3) is 0.167. The lowest BCUT2D eigenvalue weighted by atomic mass is 10.1. The molecule has 146 valence electrons. The third-order valence-electron chi connectivity index (χ3n) is 5.03. The van der Waals surface area contributed by atoms with E-state index in [-0.39, 0.29) is 11.1 Å². The molecule has 0 atom stereocenters. The zero-order chi connectivity index (χ0) is 20.7. The first kappa shape index (κ1) is 19.3. The Kier molecular flexibility index (Phi) is 4.92. The molecule has 1 saturated heterocycles. The molecule has 5 heteroatoms. The average molecular weight is 403 g/mol. The molecule has 0 radical (unpaired) electrons. The zero-order valence-corrected chi connectivity index (χ0v) is 17.7. The Bertz CT molecular complexity index is 1140. The monoisotopic (exact) mass is 402 g/mol. The lowest BCUT2D eigenvalue weighted by Gasteiger charge is -2.12. The minimum atomic E-state index is -0.276. The normalized spacial score (nSPS) is 15.6. The highest BCUT2D eigenvalue weighted by molar-refractivity contribution is 8.19. The number of benzene rings is 2. The van der Waals surface area contributed by atoms with Crippen LogP contribution in [0.25, 0.3) is 11.8 Å². The van der Waals surface area contributed by atoms with Crippen LogP contribution < -0.4 is 4.90 Å². The molecule has 4 nitrogen and oxygen atoms in total. The third kappa shape index (κ3) is 3.54. The maximum absolute atomic E-state index is 12.9. The molecule has 0 aliphatic carbocycles. The highest BCUT2D eigenvalue weighted by Crippen LogP contribution is 2.36. The predicted octanol–water partition coefficient (Wildman–Crippen LogP) is 5.95. The third-order valence-corrected chi connectivity index (χ3v) is 5.90. The van der Waals surface area contributed by atoms with Crippen molar-refractivity contribution in [2.45, 2.75) is 27.7 Å². The molecule has 2 heterocycles. The van der Waals surface area contributed by atoms with Crippen molar-refractivity contribution in [2.24, 2.45) is 0 Å². The summed E-state index contributed by atoms with van der Waals surface area (Å²) in [6.07, 6.45) is 1.83. The molecule has 0 saturated carbocycles. The number of amides is 2. The van der Waals surface area contributed by atoms with Crippen molar-refractivity contribution in [3.63, 3.8) is 0 Å².